The van der Waals surface area contributed by atoms with Crippen molar-refractivity contribution in [2.75, 3.05) is 25.1 Å². The number of amides is 1. The number of benzene rings is 1. The minimum atomic E-state index is -0.111. The van der Waals surface area contributed by atoms with E-state index in [1.807, 2.05) is 19.1 Å². The maximum absolute atomic E-state index is 11.9. The van der Waals surface area contributed by atoms with Gasteiger partial charge in [-0.1, -0.05) is 37.6 Å². The van der Waals surface area contributed by atoms with Gasteiger partial charge >= 0.3 is 0 Å². The van der Waals surface area contributed by atoms with E-state index in [-0.39, 0.29) is 18.5 Å². The lowest BCUT2D eigenvalue weighted by molar-refractivity contribution is -0.115. The van der Waals surface area contributed by atoms with Crippen molar-refractivity contribution < 1.29 is 9.53 Å². The lowest BCUT2D eigenvalue weighted by atomic mass is 10.1. The second-order valence-electron chi connectivity index (χ2n) is 4.92. The number of carbonyl (C=O) groups excluding carboxylic acids is 1. The van der Waals surface area contributed by atoms with Crippen molar-refractivity contribution >= 4 is 23.2 Å². The molecule has 0 bridgehead atoms. The molecule has 0 aliphatic carbocycles. The van der Waals surface area contributed by atoms with Crippen LogP contribution in [0.1, 0.15) is 20.8 Å². The monoisotopic (exact) mass is 298 g/mol. The minimum Gasteiger partial charge on any atom is -0.380 e. The topological polar surface area (TPSA) is 50.4 Å². The van der Waals surface area contributed by atoms with Crippen LogP contribution in [0.4, 0.5) is 5.69 Å². The van der Waals surface area contributed by atoms with Crippen molar-refractivity contribution in [3.63, 3.8) is 0 Å². The van der Waals surface area contributed by atoms with E-state index in [2.05, 4.69) is 24.5 Å². The van der Waals surface area contributed by atoms with E-state index in [0.717, 1.165) is 0 Å². The average molecular weight is 299 g/mol. The Morgan fingerprint density at radius 2 is 2.05 bits per heavy atom. The van der Waals surface area contributed by atoms with Crippen molar-refractivity contribution in [3.8, 4) is 0 Å². The molecular formula is C15H23ClN2O2. The zero-order chi connectivity index (χ0) is 15.0. The molecule has 20 heavy (non-hydrogen) atoms. The lowest BCUT2D eigenvalue weighted by Gasteiger charge is -2.22. The Hall–Kier alpha value is -1.10. The molecule has 0 saturated carbocycles. The lowest BCUT2D eigenvalue weighted by Crippen LogP contribution is -2.42. The van der Waals surface area contributed by atoms with Crippen LogP contribution in [0.2, 0.25) is 5.02 Å². The molecule has 0 radical (unpaired) electrons. The van der Waals surface area contributed by atoms with Gasteiger partial charge in [0.2, 0.25) is 5.91 Å². The largest absolute Gasteiger partial charge is 0.380 e. The van der Waals surface area contributed by atoms with Gasteiger partial charge in [0.25, 0.3) is 0 Å². The van der Waals surface area contributed by atoms with Crippen LogP contribution >= 0.6 is 11.6 Å². The molecule has 5 heteroatoms. The Morgan fingerprint density at radius 1 is 1.35 bits per heavy atom. The third kappa shape index (κ3) is 5.90. The normalized spacial score (nSPS) is 12.4. The molecule has 0 spiro atoms. The van der Waals surface area contributed by atoms with Gasteiger partial charge in [-0.3, -0.25) is 4.79 Å². The Labute approximate surface area is 125 Å². The van der Waals surface area contributed by atoms with Crippen LogP contribution in [0, 0.1) is 5.92 Å². The fourth-order valence-corrected chi connectivity index (χ4v) is 1.90. The van der Waals surface area contributed by atoms with Gasteiger partial charge in [-0.15, -0.1) is 0 Å². The van der Waals surface area contributed by atoms with Crippen LogP contribution < -0.4 is 10.6 Å². The van der Waals surface area contributed by atoms with Gasteiger partial charge in [-0.2, -0.15) is 0 Å². The van der Waals surface area contributed by atoms with Crippen LogP contribution in [-0.4, -0.2) is 31.7 Å². The Balaban J connectivity index is 2.43. The summed E-state index contributed by atoms with van der Waals surface area (Å²) in [6.07, 6.45) is 0. The molecular weight excluding hydrogens is 276 g/mol. The van der Waals surface area contributed by atoms with Crippen LogP contribution in [0.25, 0.3) is 0 Å². The van der Waals surface area contributed by atoms with E-state index in [0.29, 0.717) is 29.8 Å². The SMILES string of the molecule is CCOCC(NCC(=O)Nc1ccccc1Cl)C(C)C. The molecule has 1 aromatic carbocycles. The van der Waals surface area contributed by atoms with Crippen molar-refractivity contribution in [1.82, 2.24) is 5.32 Å². The third-order valence-electron chi connectivity index (χ3n) is 2.98. The van der Waals surface area contributed by atoms with E-state index in [9.17, 15) is 4.79 Å². The minimum absolute atomic E-state index is 0.111. The summed E-state index contributed by atoms with van der Waals surface area (Å²) in [5, 5.41) is 6.54. The standard InChI is InChI=1S/C15H23ClN2O2/c1-4-20-10-14(11(2)3)17-9-15(19)18-13-8-6-5-7-12(13)16/h5-8,11,14,17H,4,9-10H2,1-3H3,(H,18,19). The van der Waals surface area contributed by atoms with E-state index >= 15 is 0 Å². The number of anilines is 1. The molecule has 2 N–H and O–H groups in total. The second-order valence-corrected chi connectivity index (χ2v) is 5.33. The fourth-order valence-electron chi connectivity index (χ4n) is 1.71. The highest BCUT2D eigenvalue weighted by Crippen LogP contribution is 2.20. The van der Waals surface area contributed by atoms with E-state index < -0.39 is 0 Å². The third-order valence-corrected chi connectivity index (χ3v) is 3.31. The van der Waals surface area contributed by atoms with Crippen LogP contribution in [0.5, 0.6) is 0 Å². The molecule has 1 rings (SSSR count). The van der Waals surface area contributed by atoms with Gasteiger partial charge < -0.3 is 15.4 Å². The molecule has 0 fully saturated rings. The molecule has 112 valence electrons. The summed E-state index contributed by atoms with van der Waals surface area (Å²) < 4.78 is 5.41. The number of para-hydroxylation sites is 1. The first kappa shape index (κ1) is 17.0. The zero-order valence-corrected chi connectivity index (χ0v) is 13.0. The molecule has 0 heterocycles. The van der Waals surface area contributed by atoms with Gasteiger partial charge in [0.05, 0.1) is 23.9 Å². The van der Waals surface area contributed by atoms with Crippen molar-refractivity contribution in [1.29, 1.82) is 0 Å². The molecule has 0 saturated heterocycles. The van der Waals surface area contributed by atoms with Crippen LogP contribution in [0.3, 0.4) is 0 Å². The van der Waals surface area contributed by atoms with Gasteiger partial charge in [-0.05, 0) is 25.0 Å². The molecule has 1 atom stereocenters. The number of carbonyl (C=O) groups is 1. The molecule has 1 amide bonds. The van der Waals surface area contributed by atoms with Gasteiger partial charge in [0, 0.05) is 12.6 Å². The maximum Gasteiger partial charge on any atom is 0.238 e. The van der Waals surface area contributed by atoms with E-state index in [4.69, 9.17) is 16.3 Å². The quantitative estimate of drug-likeness (QED) is 0.776. The molecule has 0 aliphatic rings. The van der Waals surface area contributed by atoms with E-state index in [1.54, 1.807) is 12.1 Å². The Bertz CT molecular complexity index is 424. The maximum atomic E-state index is 11.9. The smallest absolute Gasteiger partial charge is 0.238 e. The average Bonchev–Trinajstić information content (AvgIpc) is 2.41. The summed E-state index contributed by atoms with van der Waals surface area (Å²) in [7, 11) is 0. The molecule has 1 unspecified atom stereocenters. The number of rotatable bonds is 8. The van der Waals surface area contributed by atoms with E-state index in [1.165, 1.54) is 0 Å². The molecule has 0 aromatic heterocycles. The van der Waals surface area contributed by atoms with Gasteiger partial charge in [0.15, 0.2) is 0 Å². The Kier molecular flexibility index (Phi) is 7.59. The number of nitrogens with one attached hydrogen (secondary N) is 2. The molecule has 4 nitrogen and oxygen atoms in total. The van der Waals surface area contributed by atoms with Crippen molar-refractivity contribution in [2.45, 2.75) is 26.8 Å². The van der Waals surface area contributed by atoms with Crippen molar-refractivity contribution in [2.24, 2.45) is 5.92 Å². The summed E-state index contributed by atoms with van der Waals surface area (Å²) in [6, 6.07) is 7.34. The summed E-state index contributed by atoms with van der Waals surface area (Å²) in [5.41, 5.74) is 0.631. The van der Waals surface area contributed by atoms with Crippen LogP contribution in [0.15, 0.2) is 24.3 Å². The predicted octanol–water partition coefficient (Wildman–Crippen LogP) is 2.93. The summed E-state index contributed by atoms with van der Waals surface area (Å²) in [4.78, 5) is 11.9. The second kappa shape index (κ2) is 8.95. The van der Waals surface area contributed by atoms with Crippen LogP contribution in [-0.2, 0) is 9.53 Å². The number of hydrogen-bond donors (Lipinski definition) is 2. The van der Waals surface area contributed by atoms with Gasteiger partial charge in [0.1, 0.15) is 0 Å². The molecule has 0 aliphatic heterocycles. The highest BCUT2D eigenvalue weighted by molar-refractivity contribution is 6.33. The highest BCUT2D eigenvalue weighted by atomic mass is 35.5. The predicted molar refractivity (Wildman–Crippen MR) is 83.2 cm³/mol. The summed E-state index contributed by atoms with van der Waals surface area (Å²) in [6.45, 7) is 7.68. The number of halogens is 1. The summed E-state index contributed by atoms with van der Waals surface area (Å²) in [5.74, 6) is 0.287. The zero-order valence-electron chi connectivity index (χ0n) is 12.3. The first-order valence-corrected chi connectivity index (χ1v) is 7.27. The number of ether oxygens (including phenoxy) is 1. The summed E-state index contributed by atoms with van der Waals surface area (Å²) >= 11 is 5.99. The Morgan fingerprint density at radius 3 is 2.65 bits per heavy atom. The first-order chi connectivity index (χ1) is 9.54. The number of hydrogen-bond acceptors (Lipinski definition) is 3. The van der Waals surface area contributed by atoms with Crippen molar-refractivity contribution in [3.05, 3.63) is 29.3 Å². The fraction of sp³-hybridized carbons (Fsp3) is 0.533. The molecule has 1 aromatic rings. The highest BCUT2D eigenvalue weighted by Gasteiger charge is 2.14. The first-order valence-electron chi connectivity index (χ1n) is 6.90. The van der Waals surface area contributed by atoms with Gasteiger partial charge in [-0.25, -0.2) is 0 Å².